The molecule has 0 saturated carbocycles. The van der Waals surface area contributed by atoms with Crippen molar-refractivity contribution in [2.45, 2.75) is 6.92 Å². The number of fused-ring (bicyclic) bond motifs is 1. The molecule has 3 nitrogen and oxygen atoms in total. The first kappa shape index (κ1) is 10.2. The molecule has 0 spiro atoms. The zero-order valence-electron chi connectivity index (χ0n) is 8.69. The lowest BCUT2D eigenvalue weighted by atomic mass is 10.1. The van der Waals surface area contributed by atoms with Crippen molar-refractivity contribution in [3.8, 4) is 5.75 Å². The molecule has 1 aromatic rings. The van der Waals surface area contributed by atoms with Gasteiger partial charge in [-0.3, -0.25) is 0 Å². The molecule has 2 rings (SSSR count). The van der Waals surface area contributed by atoms with Crippen LogP contribution in [0.3, 0.4) is 0 Å². The van der Waals surface area contributed by atoms with Gasteiger partial charge in [-0.05, 0) is 24.6 Å². The minimum Gasteiger partial charge on any atom is -0.490 e. The summed E-state index contributed by atoms with van der Waals surface area (Å²) in [7, 11) is 0. The third-order valence-electron chi connectivity index (χ3n) is 2.42. The van der Waals surface area contributed by atoms with Crippen LogP contribution in [-0.4, -0.2) is 24.7 Å². The highest BCUT2D eigenvalue weighted by Crippen LogP contribution is 2.31. The molecule has 0 aromatic heterocycles. The van der Waals surface area contributed by atoms with Gasteiger partial charge < -0.3 is 15.4 Å². The molecule has 0 bridgehead atoms. The molecule has 0 radical (unpaired) electrons. The standard InChI is InChI=1S/C11H14N2OS/c1-8-2-3-9-10(6-8)14-5-4-13(9)7-11(12)15/h2-3,6H,4-5,7H2,1H3,(H2,12,15). The Morgan fingerprint density at radius 3 is 3.13 bits per heavy atom. The van der Waals surface area contributed by atoms with E-state index in [1.807, 2.05) is 6.07 Å². The van der Waals surface area contributed by atoms with E-state index in [1.165, 1.54) is 5.56 Å². The van der Waals surface area contributed by atoms with Gasteiger partial charge in [0, 0.05) is 0 Å². The second-order valence-electron chi connectivity index (χ2n) is 3.71. The van der Waals surface area contributed by atoms with E-state index >= 15 is 0 Å². The van der Waals surface area contributed by atoms with Gasteiger partial charge in [0.2, 0.25) is 0 Å². The number of aryl methyl sites for hydroxylation is 1. The van der Waals surface area contributed by atoms with Gasteiger partial charge >= 0.3 is 0 Å². The van der Waals surface area contributed by atoms with Crippen molar-refractivity contribution in [1.29, 1.82) is 0 Å². The summed E-state index contributed by atoms with van der Waals surface area (Å²) in [5, 5.41) is 0. The van der Waals surface area contributed by atoms with Gasteiger partial charge in [-0.1, -0.05) is 18.3 Å². The van der Waals surface area contributed by atoms with Crippen molar-refractivity contribution in [3.63, 3.8) is 0 Å². The number of rotatable bonds is 2. The van der Waals surface area contributed by atoms with E-state index in [-0.39, 0.29) is 0 Å². The van der Waals surface area contributed by atoms with E-state index in [9.17, 15) is 0 Å². The normalized spacial score (nSPS) is 14.3. The predicted molar refractivity (Wildman–Crippen MR) is 65.7 cm³/mol. The summed E-state index contributed by atoms with van der Waals surface area (Å²) in [5.74, 6) is 0.928. The molecule has 1 aromatic carbocycles. The van der Waals surface area contributed by atoms with Gasteiger partial charge in [0.25, 0.3) is 0 Å². The molecule has 1 heterocycles. The Labute approximate surface area is 94.8 Å². The smallest absolute Gasteiger partial charge is 0.142 e. The van der Waals surface area contributed by atoms with Gasteiger partial charge in [-0.15, -0.1) is 0 Å². The molecule has 1 aliphatic heterocycles. The number of thiocarbonyl (C=S) groups is 1. The molecular weight excluding hydrogens is 208 g/mol. The summed E-state index contributed by atoms with van der Waals surface area (Å²) < 4.78 is 5.59. The van der Waals surface area contributed by atoms with E-state index in [0.717, 1.165) is 18.0 Å². The highest BCUT2D eigenvalue weighted by molar-refractivity contribution is 7.80. The van der Waals surface area contributed by atoms with E-state index in [4.69, 9.17) is 22.7 Å². The summed E-state index contributed by atoms with van der Waals surface area (Å²) in [6.07, 6.45) is 0. The molecule has 0 aliphatic carbocycles. The van der Waals surface area contributed by atoms with E-state index in [0.29, 0.717) is 18.1 Å². The van der Waals surface area contributed by atoms with Crippen LogP contribution in [0.4, 0.5) is 5.69 Å². The van der Waals surface area contributed by atoms with E-state index in [1.54, 1.807) is 0 Å². The number of hydrogen-bond donors (Lipinski definition) is 1. The van der Waals surface area contributed by atoms with Crippen LogP contribution in [0.5, 0.6) is 5.75 Å². The van der Waals surface area contributed by atoms with Crippen LogP contribution in [0.1, 0.15) is 5.56 Å². The Hall–Kier alpha value is -1.29. The lowest BCUT2D eigenvalue weighted by Crippen LogP contribution is -2.38. The van der Waals surface area contributed by atoms with Crippen molar-refractivity contribution in [2.75, 3.05) is 24.6 Å². The molecule has 0 atom stereocenters. The van der Waals surface area contributed by atoms with Crippen molar-refractivity contribution >= 4 is 22.9 Å². The summed E-state index contributed by atoms with van der Waals surface area (Å²) in [5.41, 5.74) is 7.84. The third kappa shape index (κ3) is 2.21. The molecule has 0 saturated heterocycles. The highest BCUT2D eigenvalue weighted by atomic mass is 32.1. The fourth-order valence-electron chi connectivity index (χ4n) is 1.74. The first-order valence-electron chi connectivity index (χ1n) is 4.93. The van der Waals surface area contributed by atoms with Crippen LogP contribution in [-0.2, 0) is 0 Å². The molecule has 80 valence electrons. The van der Waals surface area contributed by atoms with Crippen LogP contribution in [0, 0.1) is 6.92 Å². The Morgan fingerprint density at radius 1 is 1.60 bits per heavy atom. The van der Waals surface area contributed by atoms with Gasteiger partial charge in [0.05, 0.1) is 23.8 Å². The number of ether oxygens (including phenoxy) is 1. The van der Waals surface area contributed by atoms with Crippen molar-refractivity contribution in [2.24, 2.45) is 5.73 Å². The summed E-state index contributed by atoms with van der Waals surface area (Å²) in [6, 6.07) is 6.17. The van der Waals surface area contributed by atoms with Gasteiger partial charge in [0.15, 0.2) is 0 Å². The van der Waals surface area contributed by atoms with E-state index in [2.05, 4.69) is 24.0 Å². The molecule has 1 aliphatic rings. The molecule has 0 unspecified atom stereocenters. The Morgan fingerprint density at radius 2 is 2.40 bits per heavy atom. The molecule has 0 amide bonds. The third-order valence-corrected chi connectivity index (χ3v) is 2.55. The largest absolute Gasteiger partial charge is 0.490 e. The van der Waals surface area contributed by atoms with Crippen molar-refractivity contribution < 1.29 is 4.74 Å². The Bertz CT molecular complexity index is 392. The zero-order chi connectivity index (χ0) is 10.8. The predicted octanol–water partition coefficient (Wildman–Crippen LogP) is 1.48. The maximum absolute atomic E-state index is 5.59. The number of benzene rings is 1. The minimum atomic E-state index is 0.517. The van der Waals surface area contributed by atoms with Gasteiger partial charge in [-0.2, -0.15) is 0 Å². The van der Waals surface area contributed by atoms with Crippen LogP contribution in [0.25, 0.3) is 0 Å². The second kappa shape index (κ2) is 4.06. The number of nitrogens with zero attached hydrogens (tertiary/aromatic N) is 1. The number of nitrogens with two attached hydrogens (primary N) is 1. The van der Waals surface area contributed by atoms with Crippen molar-refractivity contribution in [3.05, 3.63) is 23.8 Å². The van der Waals surface area contributed by atoms with Gasteiger partial charge in [0.1, 0.15) is 12.4 Å². The molecular formula is C11H14N2OS. The van der Waals surface area contributed by atoms with E-state index < -0.39 is 0 Å². The quantitative estimate of drug-likeness (QED) is 0.769. The fourth-order valence-corrected chi connectivity index (χ4v) is 1.89. The maximum atomic E-state index is 5.59. The summed E-state index contributed by atoms with van der Waals surface area (Å²) >= 11 is 4.93. The Balaban J connectivity index is 2.30. The first-order chi connectivity index (χ1) is 7.16. The topological polar surface area (TPSA) is 38.5 Å². The Kier molecular flexibility index (Phi) is 2.77. The highest BCUT2D eigenvalue weighted by Gasteiger charge is 2.17. The van der Waals surface area contributed by atoms with Crippen LogP contribution in [0.15, 0.2) is 18.2 Å². The molecule has 0 fully saturated rings. The lowest BCUT2D eigenvalue weighted by molar-refractivity contribution is 0.310. The fraction of sp³-hybridized carbons (Fsp3) is 0.364. The average Bonchev–Trinajstić information content (AvgIpc) is 2.16. The first-order valence-corrected chi connectivity index (χ1v) is 5.34. The maximum Gasteiger partial charge on any atom is 0.142 e. The van der Waals surface area contributed by atoms with Gasteiger partial charge in [-0.25, -0.2) is 0 Å². The minimum absolute atomic E-state index is 0.517. The van der Waals surface area contributed by atoms with Crippen LogP contribution < -0.4 is 15.4 Å². The zero-order valence-corrected chi connectivity index (χ0v) is 9.51. The van der Waals surface area contributed by atoms with Crippen LogP contribution in [0.2, 0.25) is 0 Å². The molecule has 2 N–H and O–H groups in total. The number of anilines is 1. The molecule has 15 heavy (non-hydrogen) atoms. The molecule has 4 heteroatoms. The monoisotopic (exact) mass is 222 g/mol. The lowest BCUT2D eigenvalue weighted by Gasteiger charge is -2.31. The van der Waals surface area contributed by atoms with Crippen LogP contribution >= 0.6 is 12.2 Å². The number of hydrogen-bond acceptors (Lipinski definition) is 3. The summed E-state index contributed by atoms with van der Waals surface area (Å²) in [4.78, 5) is 2.67. The van der Waals surface area contributed by atoms with Crippen molar-refractivity contribution in [1.82, 2.24) is 0 Å². The summed E-state index contributed by atoms with van der Waals surface area (Å²) in [6.45, 7) is 4.21. The average molecular weight is 222 g/mol. The SMILES string of the molecule is Cc1ccc2c(c1)OCCN2CC(N)=S. The second-order valence-corrected chi connectivity index (χ2v) is 4.23.